The van der Waals surface area contributed by atoms with Crippen LogP contribution in [0.25, 0.3) is 0 Å². The number of rotatable bonds is 3. The summed E-state index contributed by atoms with van der Waals surface area (Å²) in [6, 6.07) is 0. The van der Waals surface area contributed by atoms with Gasteiger partial charge in [-0.25, -0.2) is 0 Å². The fourth-order valence-electron chi connectivity index (χ4n) is 2.92. The Morgan fingerprint density at radius 2 is 2.00 bits per heavy atom. The summed E-state index contributed by atoms with van der Waals surface area (Å²) >= 11 is 0. The molecule has 1 aliphatic carbocycles. The highest BCUT2D eigenvalue weighted by Crippen LogP contribution is 2.23. The minimum absolute atomic E-state index is 0.149. The van der Waals surface area contributed by atoms with Crippen molar-refractivity contribution >= 4 is 5.91 Å². The van der Waals surface area contributed by atoms with E-state index in [9.17, 15) is 9.90 Å². The normalized spacial score (nSPS) is 31.1. The van der Waals surface area contributed by atoms with E-state index < -0.39 is 0 Å². The second kappa shape index (κ2) is 6.36. The molecule has 2 aliphatic rings. The average molecular weight is 240 g/mol. The SMILES string of the molecule is O=C(NCC1CCCC(O)C1)C1CCNCC1. The average Bonchev–Trinajstić information content (AvgIpc) is 2.37. The molecule has 4 heteroatoms. The number of carbonyl (C=O) groups is 1. The summed E-state index contributed by atoms with van der Waals surface area (Å²) in [7, 11) is 0. The molecule has 98 valence electrons. The Labute approximate surface area is 103 Å². The lowest BCUT2D eigenvalue weighted by atomic mass is 9.87. The van der Waals surface area contributed by atoms with Gasteiger partial charge in [0.05, 0.1) is 6.10 Å². The number of amides is 1. The van der Waals surface area contributed by atoms with Crippen LogP contribution in [0.15, 0.2) is 0 Å². The van der Waals surface area contributed by atoms with Crippen LogP contribution in [-0.2, 0) is 4.79 Å². The molecule has 17 heavy (non-hydrogen) atoms. The lowest BCUT2D eigenvalue weighted by Crippen LogP contribution is -2.40. The van der Waals surface area contributed by atoms with Crippen molar-refractivity contribution in [2.45, 2.75) is 44.6 Å². The summed E-state index contributed by atoms with van der Waals surface area (Å²) in [4.78, 5) is 11.9. The predicted octanol–water partition coefficient (Wildman–Crippen LogP) is 0.653. The van der Waals surface area contributed by atoms with Gasteiger partial charge in [0, 0.05) is 12.5 Å². The third kappa shape index (κ3) is 3.96. The summed E-state index contributed by atoms with van der Waals surface area (Å²) < 4.78 is 0. The van der Waals surface area contributed by atoms with Gasteiger partial charge in [0.25, 0.3) is 0 Å². The van der Waals surface area contributed by atoms with Crippen molar-refractivity contribution in [2.24, 2.45) is 11.8 Å². The van der Waals surface area contributed by atoms with Gasteiger partial charge in [0.15, 0.2) is 0 Å². The molecule has 1 saturated carbocycles. The molecule has 2 unspecified atom stereocenters. The first-order chi connectivity index (χ1) is 8.25. The number of carbonyl (C=O) groups excluding carboxylic acids is 1. The van der Waals surface area contributed by atoms with E-state index in [1.54, 1.807) is 0 Å². The Bertz CT molecular complexity index is 252. The topological polar surface area (TPSA) is 61.4 Å². The van der Waals surface area contributed by atoms with E-state index in [4.69, 9.17) is 0 Å². The Morgan fingerprint density at radius 1 is 1.24 bits per heavy atom. The number of piperidine rings is 1. The van der Waals surface area contributed by atoms with Gasteiger partial charge in [-0.2, -0.15) is 0 Å². The quantitative estimate of drug-likeness (QED) is 0.679. The standard InChI is InChI=1S/C13H24N2O2/c16-12-3-1-2-10(8-12)9-15-13(17)11-4-6-14-7-5-11/h10-12,14,16H,1-9H2,(H,15,17). The highest BCUT2D eigenvalue weighted by molar-refractivity contribution is 5.78. The Hall–Kier alpha value is -0.610. The molecule has 2 fully saturated rings. The number of hydrogen-bond donors (Lipinski definition) is 3. The van der Waals surface area contributed by atoms with Crippen LogP contribution in [0.5, 0.6) is 0 Å². The van der Waals surface area contributed by atoms with E-state index in [0.717, 1.165) is 58.2 Å². The minimum atomic E-state index is -0.149. The van der Waals surface area contributed by atoms with Crippen LogP contribution < -0.4 is 10.6 Å². The first-order valence-electron chi connectivity index (χ1n) is 6.92. The van der Waals surface area contributed by atoms with Crippen molar-refractivity contribution in [3.63, 3.8) is 0 Å². The zero-order valence-electron chi connectivity index (χ0n) is 10.5. The molecule has 1 heterocycles. The van der Waals surface area contributed by atoms with Crippen LogP contribution in [0.3, 0.4) is 0 Å². The molecule has 0 aromatic carbocycles. The number of aliphatic hydroxyl groups is 1. The summed E-state index contributed by atoms with van der Waals surface area (Å²) in [5, 5.41) is 15.9. The van der Waals surface area contributed by atoms with Crippen molar-refractivity contribution in [2.75, 3.05) is 19.6 Å². The van der Waals surface area contributed by atoms with E-state index in [1.807, 2.05) is 0 Å². The molecule has 1 amide bonds. The van der Waals surface area contributed by atoms with Gasteiger partial charge < -0.3 is 15.7 Å². The van der Waals surface area contributed by atoms with E-state index in [-0.39, 0.29) is 17.9 Å². The van der Waals surface area contributed by atoms with Crippen LogP contribution in [0.1, 0.15) is 38.5 Å². The van der Waals surface area contributed by atoms with Crippen molar-refractivity contribution < 1.29 is 9.90 Å². The summed E-state index contributed by atoms with van der Waals surface area (Å²) in [5.74, 6) is 0.890. The van der Waals surface area contributed by atoms with Gasteiger partial charge in [0.2, 0.25) is 5.91 Å². The maximum atomic E-state index is 11.9. The summed E-state index contributed by atoms with van der Waals surface area (Å²) in [5.41, 5.74) is 0. The van der Waals surface area contributed by atoms with E-state index in [2.05, 4.69) is 10.6 Å². The molecular weight excluding hydrogens is 216 g/mol. The maximum Gasteiger partial charge on any atom is 0.223 e. The van der Waals surface area contributed by atoms with Crippen LogP contribution in [-0.4, -0.2) is 36.8 Å². The number of aliphatic hydroxyl groups excluding tert-OH is 1. The largest absolute Gasteiger partial charge is 0.393 e. The smallest absolute Gasteiger partial charge is 0.223 e. The lowest BCUT2D eigenvalue weighted by molar-refractivity contribution is -0.126. The zero-order chi connectivity index (χ0) is 12.1. The molecule has 2 atom stereocenters. The number of nitrogens with one attached hydrogen (secondary N) is 2. The molecular formula is C13H24N2O2. The molecule has 0 aromatic heterocycles. The highest BCUT2D eigenvalue weighted by Gasteiger charge is 2.23. The summed E-state index contributed by atoms with van der Waals surface area (Å²) in [6.07, 6.45) is 5.78. The fraction of sp³-hybridized carbons (Fsp3) is 0.923. The molecule has 0 spiro atoms. The monoisotopic (exact) mass is 240 g/mol. The highest BCUT2D eigenvalue weighted by atomic mass is 16.3. The molecule has 0 bridgehead atoms. The Balaban J connectivity index is 1.68. The molecule has 1 aliphatic heterocycles. The molecule has 0 radical (unpaired) electrons. The molecule has 3 N–H and O–H groups in total. The Morgan fingerprint density at radius 3 is 2.71 bits per heavy atom. The van der Waals surface area contributed by atoms with Gasteiger partial charge in [-0.1, -0.05) is 6.42 Å². The van der Waals surface area contributed by atoms with Crippen molar-refractivity contribution in [1.82, 2.24) is 10.6 Å². The molecule has 4 nitrogen and oxygen atoms in total. The lowest BCUT2D eigenvalue weighted by Gasteiger charge is -2.27. The van der Waals surface area contributed by atoms with E-state index in [1.165, 1.54) is 0 Å². The van der Waals surface area contributed by atoms with Gasteiger partial charge >= 0.3 is 0 Å². The molecule has 1 saturated heterocycles. The van der Waals surface area contributed by atoms with Crippen LogP contribution in [0, 0.1) is 11.8 Å². The third-order valence-electron chi connectivity index (χ3n) is 4.03. The van der Waals surface area contributed by atoms with Crippen molar-refractivity contribution in [3.05, 3.63) is 0 Å². The maximum absolute atomic E-state index is 11.9. The zero-order valence-corrected chi connectivity index (χ0v) is 10.5. The fourth-order valence-corrected chi connectivity index (χ4v) is 2.92. The van der Waals surface area contributed by atoms with Gasteiger partial charge in [-0.15, -0.1) is 0 Å². The first-order valence-corrected chi connectivity index (χ1v) is 6.92. The van der Waals surface area contributed by atoms with Crippen LogP contribution in [0.4, 0.5) is 0 Å². The van der Waals surface area contributed by atoms with Crippen LogP contribution >= 0.6 is 0 Å². The van der Waals surface area contributed by atoms with Crippen molar-refractivity contribution in [1.29, 1.82) is 0 Å². The van der Waals surface area contributed by atoms with E-state index >= 15 is 0 Å². The minimum Gasteiger partial charge on any atom is -0.393 e. The number of hydrogen-bond acceptors (Lipinski definition) is 3. The van der Waals surface area contributed by atoms with Crippen molar-refractivity contribution in [3.8, 4) is 0 Å². The third-order valence-corrected chi connectivity index (χ3v) is 4.03. The molecule has 0 aromatic rings. The van der Waals surface area contributed by atoms with E-state index in [0.29, 0.717) is 5.92 Å². The van der Waals surface area contributed by atoms with Crippen LogP contribution in [0.2, 0.25) is 0 Å². The van der Waals surface area contributed by atoms with Gasteiger partial charge in [-0.3, -0.25) is 4.79 Å². The molecule has 2 rings (SSSR count). The van der Waals surface area contributed by atoms with Gasteiger partial charge in [0.1, 0.15) is 0 Å². The second-order valence-corrected chi connectivity index (χ2v) is 5.46. The Kier molecular flexibility index (Phi) is 4.80. The first kappa shape index (κ1) is 12.8. The second-order valence-electron chi connectivity index (χ2n) is 5.46. The van der Waals surface area contributed by atoms with Gasteiger partial charge in [-0.05, 0) is 51.1 Å². The summed E-state index contributed by atoms with van der Waals surface area (Å²) in [6.45, 7) is 2.67. The predicted molar refractivity (Wildman–Crippen MR) is 66.6 cm³/mol.